The van der Waals surface area contributed by atoms with Crippen LogP contribution in [0.25, 0.3) is 23.0 Å². The highest BCUT2D eigenvalue weighted by molar-refractivity contribution is 5.61. The summed E-state index contributed by atoms with van der Waals surface area (Å²) in [6, 6.07) is 8.81. The Bertz CT molecular complexity index is 963. The number of methoxy groups -OCH3 is 1. The van der Waals surface area contributed by atoms with Crippen LogP contribution in [0.4, 0.5) is 0 Å². The fourth-order valence-corrected chi connectivity index (χ4v) is 2.67. The second-order valence-corrected chi connectivity index (χ2v) is 5.62. The fraction of sp³-hybridized carbons (Fsp3) is 0.294. The van der Waals surface area contributed by atoms with Gasteiger partial charge in [-0.25, -0.2) is 4.68 Å². The van der Waals surface area contributed by atoms with E-state index < -0.39 is 0 Å². The number of ether oxygens (including phenoxy) is 2. The first-order valence-corrected chi connectivity index (χ1v) is 7.92. The van der Waals surface area contributed by atoms with Gasteiger partial charge in [0.25, 0.3) is 11.4 Å². The largest absolute Gasteiger partial charge is 0.493 e. The Morgan fingerprint density at radius 1 is 1.28 bits per heavy atom. The summed E-state index contributed by atoms with van der Waals surface area (Å²) in [6.45, 7) is 1.45. The Labute approximate surface area is 143 Å². The summed E-state index contributed by atoms with van der Waals surface area (Å²) in [5, 5.41) is 8.28. The minimum atomic E-state index is -0.209. The van der Waals surface area contributed by atoms with Crippen molar-refractivity contribution in [1.82, 2.24) is 19.9 Å². The van der Waals surface area contributed by atoms with E-state index in [-0.39, 0.29) is 11.4 Å². The Kier molecular flexibility index (Phi) is 4.02. The van der Waals surface area contributed by atoms with Crippen molar-refractivity contribution in [2.75, 3.05) is 20.3 Å². The molecule has 3 aromatic rings. The Morgan fingerprint density at radius 3 is 3.08 bits per heavy atom. The molecule has 25 heavy (non-hydrogen) atoms. The summed E-state index contributed by atoms with van der Waals surface area (Å²) in [5.41, 5.74) is 2.22. The van der Waals surface area contributed by atoms with Crippen LogP contribution >= 0.6 is 0 Å². The Morgan fingerprint density at radius 2 is 2.20 bits per heavy atom. The van der Waals surface area contributed by atoms with Gasteiger partial charge in [-0.3, -0.25) is 4.79 Å². The highest BCUT2D eigenvalue weighted by Gasteiger charge is 2.17. The van der Waals surface area contributed by atoms with E-state index in [0.717, 1.165) is 23.3 Å². The first kappa shape index (κ1) is 15.5. The Hall–Kier alpha value is -3.00. The van der Waals surface area contributed by atoms with Crippen LogP contribution in [0.2, 0.25) is 0 Å². The van der Waals surface area contributed by atoms with Crippen molar-refractivity contribution >= 4 is 0 Å². The zero-order valence-corrected chi connectivity index (χ0v) is 13.6. The van der Waals surface area contributed by atoms with Crippen molar-refractivity contribution < 1.29 is 14.0 Å². The van der Waals surface area contributed by atoms with Crippen LogP contribution in [0, 0.1) is 0 Å². The van der Waals surface area contributed by atoms with Gasteiger partial charge >= 0.3 is 0 Å². The molecule has 0 N–H and O–H groups in total. The van der Waals surface area contributed by atoms with E-state index in [4.69, 9.17) is 14.0 Å². The molecule has 1 aliphatic rings. The predicted molar refractivity (Wildman–Crippen MR) is 88.3 cm³/mol. The minimum absolute atomic E-state index is 0.209. The fourth-order valence-electron chi connectivity index (χ4n) is 2.67. The lowest BCUT2D eigenvalue weighted by molar-refractivity contribution is 0.182. The smallest absolute Gasteiger partial charge is 0.278 e. The molecular formula is C17H16N4O4. The van der Waals surface area contributed by atoms with Gasteiger partial charge in [-0.1, -0.05) is 5.16 Å². The van der Waals surface area contributed by atoms with E-state index in [2.05, 4.69) is 15.2 Å². The molecule has 1 aliphatic heterocycles. The van der Waals surface area contributed by atoms with Gasteiger partial charge in [-0.15, -0.1) is 0 Å². The molecule has 0 atom stereocenters. The van der Waals surface area contributed by atoms with Gasteiger partial charge in [0.15, 0.2) is 0 Å². The van der Waals surface area contributed by atoms with Crippen molar-refractivity contribution in [3.05, 3.63) is 46.2 Å². The second-order valence-electron chi connectivity index (χ2n) is 5.62. The molecule has 0 bridgehead atoms. The lowest BCUT2D eigenvalue weighted by Gasteiger charge is -2.03. The number of hydrogen-bond donors (Lipinski definition) is 0. The first-order chi connectivity index (χ1) is 12.2. The molecule has 2 aromatic heterocycles. The van der Waals surface area contributed by atoms with Crippen molar-refractivity contribution in [2.24, 2.45) is 0 Å². The van der Waals surface area contributed by atoms with Gasteiger partial charge in [0.1, 0.15) is 11.4 Å². The third-order valence-electron chi connectivity index (χ3n) is 3.97. The molecule has 0 fully saturated rings. The molecule has 4 rings (SSSR count). The van der Waals surface area contributed by atoms with E-state index in [1.807, 2.05) is 18.2 Å². The zero-order valence-electron chi connectivity index (χ0n) is 13.6. The summed E-state index contributed by atoms with van der Waals surface area (Å²) in [5.74, 6) is 1.64. The summed E-state index contributed by atoms with van der Waals surface area (Å²) < 4.78 is 17.1. The molecule has 1 aromatic carbocycles. The van der Waals surface area contributed by atoms with E-state index in [0.29, 0.717) is 31.3 Å². The maximum Gasteiger partial charge on any atom is 0.278 e. The zero-order chi connectivity index (χ0) is 17.2. The van der Waals surface area contributed by atoms with E-state index in [1.165, 1.54) is 10.7 Å². The quantitative estimate of drug-likeness (QED) is 0.695. The van der Waals surface area contributed by atoms with Crippen LogP contribution in [0.1, 0.15) is 5.56 Å². The molecule has 0 amide bonds. The van der Waals surface area contributed by atoms with Gasteiger partial charge in [0.2, 0.25) is 5.82 Å². The van der Waals surface area contributed by atoms with Crippen LogP contribution in [-0.4, -0.2) is 40.2 Å². The topological polar surface area (TPSA) is 92.3 Å². The second kappa shape index (κ2) is 6.48. The highest BCUT2D eigenvalue weighted by Crippen LogP contribution is 2.30. The average Bonchev–Trinajstić information content (AvgIpc) is 3.29. The number of hydrogen-bond acceptors (Lipinski definition) is 7. The van der Waals surface area contributed by atoms with Gasteiger partial charge in [-0.2, -0.15) is 10.1 Å². The van der Waals surface area contributed by atoms with Crippen LogP contribution in [-0.2, 0) is 17.7 Å². The summed E-state index contributed by atoms with van der Waals surface area (Å²) in [7, 11) is 1.57. The normalized spacial score (nSPS) is 12.8. The average molecular weight is 340 g/mol. The Balaban J connectivity index is 1.64. The van der Waals surface area contributed by atoms with Crippen LogP contribution in [0.3, 0.4) is 0 Å². The van der Waals surface area contributed by atoms with E-state index in [1.54, 1.807) is 13.2 Å². The molecular weight excluding hydrogens is 324 g/mol. The van der Waals surface area contributed by atoms with Gasteiger partial charge in [0.05, 0.1) is 19.8 Å². The molecule has 3 heterocycles. The number of fused-ring (bicyclic) bond motifs is 1. The third-order valence-corrected chi connectivity index (χ3v) is 3.97. The lowest BCUT2D eigenvalue weighted by atomic mass is 10.1. The molecule has 8 heteroatoms. The van der Waals surface area contributed by atoms with Crippen molar-refractivity contribution in [3.8, 4) is 28.7 Å². The van der Waals surface area contributed by atoms with Crippen molar-refractivity contribution in [1.29, 1.82) is 0 Å². The maximum absolute atomic E-state index is 11.8. The summed E-state index contributed by atoms with van der Waals surface area (Å²) in [6.07, 6.45) is 0.875. The van der Waals surface area contributed by atoms with Gasteiger partial charge in [0, 0.05) is 25.2 Å². The lowest BCUT2D eigenvalue weighted by Crippen LogP contribution is -2.24. The standard InChI is InChI=1S/C17H16N4O4/c1-23-9-7-21-15(22)5-3-13(19-21)17-18-16(20-25-17)12-2-4-14-11(10-12)6-8-24-14/h2-5,10H,6-9H2,1H3. The first-order valence-electron chi connectivity index (χ1n) is 7.92. The summed E-state index contributed by atoms with van der Waals surface area (Å²) >= 11 is 0. The SMILES string of the molecule is COCCn1nc(-c2nc(-c3ccc4c(c3)CCO4)no2)ccc1=O. The monoisotopic (exact) mass is 340 g/mol. The molecule has 0 radical (unpaired) electrons. The van der Waals surface area contributed by atoms with Crippen molar-refractivity contribution in [3.63, 3.8) is 0 Å². The number of rotatable bonds is 5. The molecule has 0 saturated heterocycles. The minimum Gasteiger partial charge on any atom is -0.493 e. The highest BCUT2D eigenvalue weighted by atomic mass is 16.5. The van der Waals surface area contributed by atoms with Crippen LogP contribution in [0.15, 0.2) is 39.6 Å². The molecule has 0 spiro atoms. The molecule has 0 aliphatic carbocycles. The number of nitrogens with zero attached hydrogens (tertiary/aromatic N) is 4. The maximum atomic E-state index is 11.8. The van der Waals surface area contributed by atoms with Crippen LogP contribution in [0.5, 0.6) is 5.75 Å². The van der Waals surface area contributed by atoms with Gasteiger partial charge < -0.3 is 14.0 Å². The third kappa shape index (κ3) is 3.03. The summed E-state index contributed by atoms with van der Waals surface area (Å²) in [4.78, 5) is 16.2. The predicted octanol–water partition coefficient (Wildman–Crippen LogP) is 1.54. The van der Waals surface area contributed by atoms with Gasteiger partial charge in [-0.05, 0) is 29.8 Å². The van der Waals surface area contributed by atoms with E-state index in [9.17, 15) is 4.79 Å². The molecule has 128 valence electrons. The number of aromatic nitrogens is 4. The van der Waals surface area contributed by atoms with Crippen molar-refractivity contribution in [2.45, 2.75) is 13.0 Å². The van der Waals surface area contributed by atoms with Crippen LogP contribution < -0.4 is 10.3 Å². The molecule has 0 unspecified atom stereocenters. The molecule has 0 saturated carbocycles. The number of benzene rings is 1. The molecule has 8 nitrogen and oxygen atoms in total. The van der Waals surface area contributed by atoms with E-state index >= 15 is 0 Å².